The van der Waals surface area contributed by atoms with E-state index in [9.17, 15) is 4.39 Å². The van der Waals surface area contributed by atoms with Crippen LogP contribution in [0.1, 0.15) is 16.8 Å². The van der Waals surface area contributed by atoms with Crippen LogP contribution in [0.4, 0.5) is 4.39 Å². The number of rotatable bonds is 1. The summed E-state index contributed by atoms with van der Waals surface area (Å²) < 4.78 is 15.4. The third-order valence-electron chi connectivity index (χ3n) is 4.05. The lowest BCUT2D eigenvalue weighted by Gasteiger charge is -2.07. The molecule has 2 aromatic carbocycles. The molecule has 0 aliphatic carbocycles. The predicted octanol–water partition coefficient (Wildman–Crippen LogP) is 2.99. The van der Waals surface area contributed by atoms with Gasteiger partial charge in [0.15, 0.2) is 0 Å². The van der Waals surface area contributed by atoms with E-state index in [2.05, 4.69) is 28.6 Å². The topological polar surface area (TPSA) is 42.7 Å². The SMILES string of the molecule is Cc1ccccc1-c1nnn2c1CNCc1ccc(F)cc1-2. The zero-order chi connectivity index (χ0) is 15.1. The first kappa shape index (κ1) is 13.2. The van der Waals surface area contributed by atoms with Gasteiger partial charge in [-0.1, -0.05) is 35.5 Å². The molecule has 22 heavy (non-hydrogen) atoms. The quantitative estimate of drug-likeness (QED) is 0.750. The smallest absolute Gasteiger partial charge is 0.125 e. The Kier molecular flexibility index (Phi) is 3.01. The van der Waals surface area contributed by atoms with Gasteiger partial charge >= 0.3 is 0 Å². The number of nitrogens with zero attached hydrogens (tertiary/aromatic N) is 3. The van der Waals surface area contributed by atoms with Gasteiger partial charge in [-0.2, -0.15) is 0 Å². The fourth-order valence-electron chi connectivity index (χ4n) is 2.90. The van der Waals surface area contributed by atoms with Crippen molar-refractivity contribution in [3.8, 4) is 16.9 Å². The molecule has 2 heterocycles. The minimum absolute atomic E-state index is 0.264. The Morgan fingerprint density at radius 2 is 2.00 bits per heavy atom. The summed E-state index contributed by atoms with van der Waals surface area (Å²) in [6.45, 7) is 3.39. The molecule has 0 bridgehead atoms. The molecule has 1 aliphatic heterocycles. The Balaban J connectivity index is 1.94. The number of aryl methyl sites for hydroxylation is 1. The van der Waals surface area contributed by atoms with Crippen molar-refractivity contribution in [1.29, 1.82) is 0 Å². The third-order valence-corrected chi connectivity index (χ3v) is 4.05. The molecule has 1 aromatic heterocycles. The fraction of sp³-hybridized carbons (Fsp3) is 0.176. The van der Waals surface area contributed by atoms with Crippen molar-refractivity contribution >= 4 is 0 Å². The molecule has 0 radical (unpaired) electrons. The van der Waals surface area contributed by atoms with Crippen LogP contribution < -0.4 is 5.32 Å². The van der Waals surface area contributed by atoms with E-state index >= 15 is 0 Å². The number of hydrogen-bond acceptors (Lipinski definition) is 3. The summed E-state index contributed by atoms with van der Waals surface area (Å²) in [5.41, 5.74) is 5.79. The van der Waals surface area contributed by atoms with Crippen LogP contribution in [0.5, 0.6) is 0 Å². The molecule has 4 rings (SSSR count). The first-order valence-corrected chi connectivity index (χ1v) is 7.24. The molecule has 0 fully saturated rings. The Morgan fingerprint density at radius 3 is 2.86 bits per heavy atom. The van der Waals surface area contributed by atoms with Crippen LogP contribution in [-0.4, -0.2) is 15.0 Å². The van der Waals surface area contributed by atoms with Crippen LogP contribution in [-0.2, 0) is 13.1 Å². The average Bonchev–Trinajstić information content (AvgIpc) is 2.84. The Hall–Kier alpha value is -2.53. The second-order valence-electron chi connectivity index (χ2n) is 5.49. The second kappa shape index (κ2) is 5.03. The Morgan fingerprint density at radius 1 is 1.14 bits per heavy atom. The molecule has 0 saturated heterocycles. The summed E-state index contributed by atoms with van der Waals surface area (Å²) in [6.07, 6.45) is 0. The molecule has 1 N–H and O–H groups in total. The van der Waals surface area contributed by atoms with Crippen molar-refractivity contribution in [1.82, 2.24) is 20.3 Å². The second-order valence-corrected chi connectivity index (χ2v) is 5.49. The van der Waals surface area contributed by atoms with Crippen molar-refractivity contribution in [2.24, 2.45) is 0 Å². The largest absolute Gasteiger partial charge is 0.307 e. The highest BCUT2D eigenvalue weighted by molar-refractivity contribution is 5.66. The van der Waals surface area contributed by atoms with Gasteiger partial charge in [0.2, 0.25) is 0 Å². The summed E-state index contributed by atoms with van der Waals surface area (Å²) in [7, 11) is 0. The van der Waals surface area contributed by atoms with Crippen LogP contribution in [0.15, 0.2) is 42.5 Å². The normalized spacial score (nSPS) is 13.4. The molecule has 4 nitrogen and oxygen atoms in total. The predicted molar refractivity (Wildman–Crippen MR) is 82.0 cm³/mol. The summed E-state index contributed by atoms with van der Waals surface area (Å²) in [5, 5.41) is 12.0. The van der Waals surface area contributed by atoms with Crippen molar-refractivity contribution in [2.75, 3.05) is 0 Å². The van der Waals surface area contributed by atoms with Crippen LogP contribution in [0.3, 0.4) is 0 Å². The summed E-state index contributed by atoms with van der Waals surface area (Å²) >= 11 is 0. The van der Waals surface area contributed by atoms with E-state index in [0.29, 0.717) is 13.1 Å². The molecule has 0 spiro atoms. The molecule has 0 atom stereocenters. The van der Waals surface area contributed by atoms with Crippen molar-refractivity contribution in [2.45, 2.75) is 20.0 Å². The van der Waals surface area contributed by atoms with Gasteiger partial charge in [0.25, 0.3) is 0 Å². The number of benzene rings is 2. The standard InChI is InChI=1S/C17H15FN4/c1-11-4-2-3-5-14(11)17-16-10-19-9-12-6-7-13(18)8-15(12)22(16)21-20-17/h2-8,19H,9-10H2,1H3. The van der Waals surface area contributed by atoms with E-state index in [0.717, 1.165) is 33.8 Å². The van der Waals surface area contributed by atoms with E-state index in [1.807, 2.05) is 18.2 Å². The molecule has 0 amide bonds. The summed E-state index contributed by atoms with van der Waals surface area (Å²) in [4.78, 5) is 0. The number of halogens is 1. The number of aromatic nitrogens is 3. The van der Waals surface area contributed by atoms with Crippen LogP contribution in [0.2, 0.25) is 0 Å². The molecule has 5 heteroatoms. The van der Waals surface area contributed by atoms with Crippen molar-refractivity contribution in [3.63, 3.8) is 0 Å². The maximum absolute atomic E-state index is 13.6. The zero-order valence-electron chi connectivity index (χ0n) is 12.2. The third kappa shape index (κ3) is 2.02. The van der Waals surface area contributed by atoms with Gasteiger partial charge in [0.1, 0.15) is 11.5 Å². The lowest BCUT2D eigenvalue weighted by Crippen LogP contribution is -2.11. The van der Waals surface area contributed by atoms with E-state index in [4.69, 9.17) is 0 Å². The van der Waals surface area contributed by atoms with E-state index in [1.54, 1.807) is 10.7 Å². The average molecular weight is 294 g/mol. The van der Waals surface area contributed by atoms with Gasteiger partial charge in [-0.3, -0.25) is 0 Å². The highest BCUT2D eigenvalue weighted by Crippen LogP contribution is 2.28. The number of hydrogen-bond donors (Lipinski definition) is 1. The van der Waals surface area contributed by atoms with Gasteiger partial charge in [0, 0.05) is 18.7 Å². The fourth-order valence-corrected chi connectivity index (χ4v) is 2.90. The van der Waals surface area contributed by atoms with Gasteiger partial charge in [-0.15, -0.1) is 5.10 Å². The van der Waals surface area contributed by atoms with Crippen LogP contribution >= 0.6 is 0 Å². The molecule has 0 saturated carbocycles. The lowest BCUT2D eigenvalue weighted by molar-refractivity contribution is 0.623. The zero-order valence-corrected chi connectivity index (χ0v) is 12.2. The van der Waals surface area contributed by atoms with Crippen LogP contribution in [0, 0.1) is 12.7 Å². The molecular weight excluding hydrogens is 279 g/mol. The Labute approximate surface area is 127 Å². The number of fused-ring (bicyclic) bond motifs is 3. The monoisotopic (exact) mass is 294 g/mol. The first-order valence-electron chi connectivity index (χ1n) is 7.24. The Bertz CT molecular complexity index is 854. The van der Waals surface area contributed by atoms with Crippen LogP contribution in [0.25, 0.3) is 16.9 Å². The molecule has 0 unspecified atom stereocenters. The van der Waals surface area contributed by atoms with Gasteiger partial charge in [-0.25, -0.2) is 9.07 Å². The maximum Gasteiger partial charge on any atom is 0.125 e. The highest BCUT2D eigenvalue weighted by atomic mass is 19.1. The molecule has 1 aliphatic rings. The van der Waals surface area contributed by atoms with Crippen molar-refractivity contribution < 1.29 is 4.39 Å². The summed E-state index contributed by atoms with van der Waals surface area (Å²) in [5.74, 6) is -0.264. The van der Waals surface area contributed by atoms with Gasteiger partial charge in [-0.05, 0) is 30.2 Å². The van der Waals surface area contributed by atoms with Crippen molar-refractivity contribution in [3.05, 3.63) is 65.1 Å². The summed E-state index contributed by atoms with van der Waals surface area (Å²) in [6, 6.07) is 12.9. The van der Waals surface area contributed by atoms with E-state index in [1.165, 1.54) is 12.1 Å². The number of nitrogens with one attached hydrogen (secondary N) is 1. The van der Waals surface area contributed by atoms with E-state index < -0.39 is 0 Å². The van der Waals surface area contributed by atoms with E-state index in [-0.39, 0.29) is 5.82 Å². The molecule has 110 valence electrons. The highest BCUT2D eigenvalue weighted by Gasteiger charge is 2.21. The molecule has 3 aromatic rings. The maximum atomic E-state index is 13.6. The minimum atomic E-state index is -0.264. The first-order chi connectivity index (χ1) is 10.7. The van der Waals surface area contributed by atoms with Gasteiger partial charge < -0.3 is 5.32 Å². The molecular formula is C17H15FN4. The lowest BCUT2D eigenvalue weighted by atomic mass is 10.0. The van der Waals surface area contributed by atoms with Gasteiger partial charge in [0.05, 0.1) is 11.4 Å². The minimum Gasteiger partial charge on any atom is -0.307 e.